The molecular formula is C12H17NO2S. The summed E-state index contributed by atoms with van der Waals surface area (Å²) in [6, 6.07) is 3.83. The molecule has 0 saturated carbocycles. The second kappa shape index (κ2) is 5.06. The van der Waals surface area contributed by atoms with E-state index in [1.165, 1.54) is 0 Å². The zero-order valence-electron chi connectivity index (χ0n) is 9.48. The van der Waals surface area contributed by atoms with Crippen LogP contribution in [0.5, 0.6) is 0 Å². The van der Waals surface area contributed by atoms with Gasteiger partial charge in [0, 0.05) is 23.6 Å². The molecule has 1 saturated heterocycles. The number of nitrogens with zero attached hydrogens (tertiary/aromatic N) is 1. The largest absolute Gasteiger partial charge is 0.376 e. The smallest absolute Gasteiger partial charge is 0.254 e. The summed E-state index contributed by atoms with van der Waals surface area (Å²) in [5.74, 6) is 0.491. The summed E-state index contributed by atoms with van der Waals surface area (Å²) in [5, 5.41) is 0. The molecule has 0 spiro atoms. The van der Waals surface area contributed by atoms with Crippen LogP contribution in [-0.4, -0.2) is 17.3 Å². The van der Waals surface area contributed by atoms with Gasteiger partial charge in [-0.25, -0.2) is 0 Å². The predicted octanol–water partition coefficient (Wildman–Crippen LogP) is 1.77. The average Bonchev–Trinajstić information content (AvgIpc) is 2.77. The Balaban J connectivity index is 2.27. The molecule has 1 aliphatic heterocycles. The van der Waals surface area contributed by atoms with E-state index in [0.717, 1.165) is 30.7 Å². The predicted molar refractivity (Wildman–Crippen MR) is 67.1 cm³/mol. The SMILES string of the molecule is Cc1ccc(CS)c(=O)n1CC1CCCO1. The van der Waals surface area contributed by atoms with Gasteiger partial charge in [-0.15, -0.1) is 0 Å². The standard InChI is InChI=1S/C12H17NO2S/c1-9-4-5-10(8-16)12(14)13(9)7-11-3-2-6-15-11/h4-5,11,16H,2-3,6-8H2,1H3. The first-order valence-corrected chi connectivity index (χ1v) is 6.27. The van der Waals surface area contributed by atoms with Crippen LogP contribution in [0.3, 0.4) is 0 Å². The highest BCUT2D eigenvalue weighted by Crippen LogP contribution is 2.14. The monoisotopic (exact) mass is 239 g/mol. The van der Waals surface area contributed by atoms with E-state index in [-0.39, 0.29) is 11.7 Å². The van der Waals surface area contributed by atoms with Gasteiger partial charge in [-0.2, -0.15) is 12.6 Å². The number of hydrogen-bond acceptors (Lipinski definition) is 3. The minimum atomic E-state index is 0.0745. The molecule has 1 unspecified atom stereocenters. The summed E-state index contributed by atoms with van der Waals surface area (Å²) < 4.78 is 7.37. The summed E-state index contributed by atoms with van der Waals surface area (Å²) in [6.45, 7) is 3.45. The second-order valence-electron chi connectivity index (χ2n) is 4.21. The lowest BCUT2D eigenvalue weighted by atomic mass is 10.2. The van der Waals surface area contributed by atoms with Gasteiger partial charge in [0.25, 0.3) is 5.56 Å². The van der Waals surface area contributed by atoms with Crippen LogP contribution in [0.25, 0.3) is 0 Å². The van der Waals surface area contributed by atoms with E-state index < -0.39 is 0 Å². The molecule has 3 nitrogen and oxygen atoms in total. The van der Waals surface area contributed by atoms with Crippen LogP contribution in [0, 0.1) is 6.92 Å². The summed E-state index contributed by atoms with van der Waals surface area (Å²) in [7, 11) is 0. The first kappa shape index (κ1) is 11.7. The maximum absolute atomic E-state index is 12.1. The molecule has 2 heterocycles. The van der Waals surface area contributed by atoms with E-state index in [4.69, 9.17) is 4.74 Å². The molecule has 0 radical (unpaired) electrons. The van der Waals surface area contributed by atoms with Crippen molar-refractivity contribution in [1.82, 2.24) is 4.57 Å². The quantitative estimate of drug-likeness (QED) is 0.815. The molecule has 0 amide bonds. The highest BCUT2D eigenvalue weighted by molar-refractivity contribution is 7.79. The third kappa shape index (κ3) is 2.33. The Hall–Kier alpha value is -0.740. The molecule has 88 valence electrons. The summed E-state index contributed by atoms with van der Waals surface area (Å²) in [4.78, 5) is 12.1. The number of thiol groups is 1. The van der Waals surface area contributed by atoms with Crippen molar-refractivity contribution in [2.24, 2.45) is 0 Å². The minimum Gasteiger partial charge on any atom is -0.376 e. The Morgan fingerprint density at radius 3 is 3.00 bits per heavy atom. The summed E-state index contributed by atoms with van der Waals surface area (Å²) >= 11 is 4.17. The number of aromatic nitrogens is 1. The molecule has 0 aromatic carbocycles. The normalized spacial score (nSPS) is 20.2. The van der Waals surface area contributed by atoms with Crippen molar-refractivity contribution < 1.29 is 4.74 Å². The third-order valence-electron chi connectivity index (χ3n) is 3.05. The highest BCUT2D eigenvalue weighted by Gasteiger charge is 2.17. The fourth-order valence-electron chi connectivity index (χ4n) is 2.06. The minimum absolute atomic E-state index is 0.0745. The molecule has 0 N–H and O–H groups in total. The third-order valence-corrected chi connectivity index (χ3v) is 3.39. The van der Waals surface area contributed by atoms with E-state index in [1.807, 2.05) is 23.6 Å². The summed E-state index contributed by atoms with van der Waals surface area (Å²) in [6.07, 6.45) is 2.35. The van der Waals surface area contributed by atoms with E-state index >= 15 is 0 Å². The van der Waals surface area contributed by atoms with E-state index in [2.05, 4.69) is 12.6 Å². The van der Waals surface area contributed by atoms with Gasteiger partial charge in [-0.05, 0) is 25.8 Å². The van der Waals surface area contributed by atoms with Crippen molar-refractivity contribution in [3.8, 4) is 0 Å². The molecule has 2 rings (SSSR count). The number of ether oxygens (including phenoxy) is 1. The Morgan fingerprint density at radius 2 is 2.38 bits per heavy atom. The number of pyridine rings is 1. The van der Waals surface area contributed by atoms with Crippen LogP contribution in [-0.2, 0) is 17.0 Å². The van der Waals surface area contributed by atoms with Gasteiger partial charge in [0.2, 0.25) is 0 Å². The molecular weight excluding hydrogens is 222 g/mol. The van der Waals surface area contributed by atoms with Crippen LogP contribution >= 0.6 is 12.6 Å². The van der Waals surface area contributed by atoms with Crippen molar-refractivity contribution >= 4 is 12.6 Å². The van der Waals surface area contributed by atoms with Crippen LogP contribution in [0.4, 0.5) is 0 Å². The van der Waals surface area contributed by atoms with Crippen molar-refractivity contribution in [1.29, 1.82) is 0 Å². The first-order valence-electron chi connectivity index (χ1n) is 5.64. The number of aryl methyl sites for hydroxylation is 1. The Bertz CT molecular complexity index is 422. The van der Waals surface area contributed by atoms with E-state index in [1.54, 1.807) is 0 Å². The van der Waals surface area contributed by atoms with Crippen LogP contribution in [0.2, 0.25) is 0 Å². The highest BCUT2D eigenvalue weighted by atomic mass is 32.1. The van der Waals surface area contributed by atoms with Crippen LogP contribution in [0.1, 0.15) is 24.1 Å². The fraction of sp³-hybridized carbons (Fsp3) is 0.583. The molecule has 1 aromatic rings. The van der Waals surface area contributed by atoms with Gasteiger partial charge < -0.3 is 9.30 Å². The zero-order chi connectivity index (χ0) is 11.5. The van der Waals surface area contributed by atoms with Gasteiger partial charge in [0.05, 0.1) is 12.6 Å². The average molecular weight is 239 g/mol. The van der Waals surface area contributed by atoms with Crippen molar-refractivity contribution in [3.05, 3.63) is 33.7 Å². The van der Waals surface area contributed by atoms with Crippen LogP contribution in [0.15, 0.2) is 16.9 Å². The Labute approximate surface area is 101 Å². The molecule has 1 fully saturated rings. The maximum atomic E-state index is 12.1. The van der Waals surface area contributed by atoms with Crippen molar-refractivity contribution in [3.63, 3.8) is 0 Å². The molecule has 4 heteroatoms. The van der Waals surface area contributed by atoms with Crippen molar-refractivity contribution in [2.45, 2.75) is 38.2 Å². The lowest BCUT2D eigenvalue weighted by molar-refractivity contribution is 0.0956. The molecule has 1 aromatic heterocycles. The lowest BCUT2D eigenvalue weighted by Gasteiger charge is -2.15. The molecule has 0 aliphatic carbocycles. The molecule has 0 bridgehead atoms. The van der Waals surface area contributed by atoms with Crippen molar-refractivity contribution in [2.75, 3.05) is 6.61 Å². The number of rotatable bonds is 3. The lowest BCUT2D eigenvalue weighted by Crippen LogP contribution is -2.29. The fourth-order valence-corrected chi connectivity index (χ4v) is 2.30. The first-order chi connectivity index (χ1) is 7.72. The topological polar surface area (TPSA) is 31.2 Å². The van der Waals surface area contributed by atoms with Gasteiger partial charge in [-0.1, -0.05) is 6.07 Å². The summed E-state index contributed by atoms with van der Waals surface area (Å²) in [5.41, 5.74) is 1.82. The van der Waals surface area contributed by atoms with Gasteiger partial charge in [0.1, 0.15) is 0 Å². The van der Waals surface area contributed by atoms with Gasteiger partial charge >= 0.3 is 0 Å². The van der Waals surface area contributed by atoms with Gasteiger partial charge in [0.15, 0.2) is 0 Å². The Kier molecular flexibility index (Phi) is 3.71. The molecule has 16 heavy (non-hydrogen) atoms. The Morgan fingerprint density at radius 1 is 1.56 bits per heavy atom. The number of hydrogen-bond donors (Lipinski definition) is 1. The zero-order valence-corrected chi connectivity index (χ0v) is 10.4. The van der Waals surface area contributed by atoms with Gasteiger partial charge in [-0.3, -0.25) is 4.79 Å². The van der Waals surface area contributed by atoms with E-state index in [0.29, 0.717) is 12.3 Å². The van der Waals surface area contributed by atoms with E-state index in [9.17, 15) is 4.79 Å². The molecule has 1 atom stereocenters. The maximum Gasteiger partial charge on any atom is 0.254 e. The second-order valence-corrected chi connectivity index (χ2v) is 4.53. The molecule has 1 aliphatic rings. The van der Waals surface area contributed by atoms with Crippen LogP contribution < -0.4 is 5.56 Å².